The zero-order valence-electron chi connectivity index (χ0n) is 11.9. The Morgan fingerprint density at radius 3 is 2.73 bits per heavy atom. The van der Waals surface area contributed by atoms with Crippen LogP contribution < -0.4 is 21.3 Å². The second-order valence-electron chi connectivity index (χ2n) is 5.01. The molecule has 3 amide bonds. The van der Waals surface area contributed by atoms with Crippen molar-refractivity contribution in [1.82, 2.24) is 5.32 Å². The Labute approximate surface area is 127 Å². The first-order valence-corrected chi connectivity index (χ1v) is 6.96. The molecule has 0 bridgehead atoms. The van der Waals surface area contributed by atoms with E-state index in [0.717, 1.165) is 5.69 Å². The average molecular weight is 296 g/mol. The molecular weight excluding hydrogens is 280 g/mol. The zero-order valence-corrected chi connectivity index (χ0v) is 11.9. The standard InChI is InChI=1S/C16H16N4O2/c17-12-4-1-3-11(9-12)15(21)19-13-5-2-6-14(10-13)20-8-7-18-16(20)22/h1-6,9-10H,7-8,17H2,(H,18,22)(H,19,21). The van der Waals surface area contributed by atoms with Crippen LogP contribution in [0, 0.1) is 0 Å². The van der Waals surface area contributed by atoms with Crippen LogP contribution in [-0.4, -0.2) is 25.0 Å². The van der Waals surface area contributed by atoms with Crippen molar-refractivity contribution in [2.75, 3.05) is 29.0 Å². The minimum absolute atomic E-state index is 0.126. The summed E-state index contributed by atoms with van der Waals surface area (Å²) in [6.07, 6.45) is 0. The first-order valence-electron chi connectivity index (χ1n) is 6.96. The monoisotopic (exact) mass is 296 g/mol. The Hall–Kier alpha value is -3.02. The number of nitrogens with one attached hydrogen (secondary N) is 2. The van der Waals surface area contributed by atoms with E-state index in [2.05, 4.69) is 10.6 Å². The Kier molecular flexibility index (Phi) is 3.65. The summed E-state index contributed by atoms with van der Waals surface area (Å²) < 4.78 is 0. The van der Waals surface area contributed by atoms with Gasteiger partial charge in [0.15, 0.2) is 0 Å². The second-order valence-corrected chi connectivity index (χ2v) is 5.01. The SMILES string of the molecule is Nc1cccc(C(=O)Nc2cccc(N3CCNC3=O)c2)c1. The van der Waals surface area contributed by atoms with Gasteiger partial charge in [0.2, 0.25) is 0 Å². The van der Waals surface area contributed by atoms with Crippen molar-refractivity contribution in [3.05, 3.63) is 54.1 Å². The number of rotatable bonds is 3. The largest absolute Gasteiger partial charge is 0.399 e. The first kappa shape index (κ1) is 13.9. The van der Waals surface area contributed by atoms with E-state index in [0.29, 0.717) is 30.0 Å². The van der Waals surface area contributed by atoms with Gasteiger partial charge in [0.05, 0.1) is 0 Å². The van der Waals surface area contributed by atoms with Crippen molar-refractivity contribution in [1.29, 1.82) is 0 Å². The van der Waals surface area contributed by atoms with Crippen LogP contribution in [0.3, 0.4) is 0 Å². The van der Waals surface area contributed by atoms with Crippen molar-refractivity contribution in [2.24, 2.45) is 0 Å². The quantitative estimate of drug-likeness (QED) is 0.757. The van der Waals surface area contributed by atoms with E-state index in [-0.39, 0.29) is 11.9 Å². The molecule has 0 radical (unpaired) electrons. The third kappa shape index (κ3) is 2.85. The van der Waals surface area contributed by atoms with Crippen molar-refractivity contribution in [3.63, 3.8) is 0 Å². The molecule has 2 aromatic rings. The fourth-order valence-electron chi connectivity index (χ4n) is 2.35. The summed E-state index contributed by atoms with van der Waals surface area (Å²) in [4.78, 5) is 25.5. The first-order chi connectivity index (χ1) is 10.6. The van der Waals surface area contributed by atoms with Crippen molar-refractivity contribution in [2.45, 2.75) is 0 Å². The third-order valence-electron chi connectivity index (χ3n) is 3.42. The maximum absolute atomic E-state index is 12.2. The fourth-order valence-corrected chi connectivity index (χ4v) is 2.35. The molecule has 2 aromatic carbocycles. The number of carbonyl (C=O) groups is 2. The number of carbonyl (C=O) groups excluding carboxylic acids is 2. The highest BCUT2D eigenvalue weighted by atomic mass is 16.2. The van der Waals surface area contributed by atoms with Gasteiger partial charge in [-0.15, -0.1) is 0 Å². The molecule has 22 heavy (non-hydrogen) atoms. The molecule has 0 atom stereocenters. The molecule has 0 saturated carbocycles. The predicted octanol–water partition coefficient (Wildman–Crippen LogP) is 2.05. The average Bonchev–Trinajstić information content (AvgIpc) is 2.94. The van der Waals surface area contributed by atoms with Gasteiger partial charge in [0.25, 0.3) is 5.91 Å². The summed E-state index contributed by atoms with van der Waals surface area (Å²) in [5.74, 6) is -0.240. The van der Waals surface area contributed by atoms with E-state index in [1.165, 1.54) is 0 Å². The number of nitrogen functional groups attached to an aromatic ring is 1. The molecule has 1 saturated heterocycles. The van der Waals surface area contributed by atoms with Crippen LogP contribution in [0.4, 0.5) is 21.9 Å². The van der Waals surface area contributed by atoms with E-state index >= 15 is 0 Å². The van der Waals surface area contributed by atoms with Gasteiger partial charge >= 0.3 is 6.03 Å². The van der Waals surface area contributed by atoms with Gasteiger partial charge in [-0.2, -0.15) is 0 Å². The molecule has 6 nitrogen and oxygen atoms in total. The number of urea groups is 1. The molecule has 0 unspecified atom stereocenters. The van der Waals surface area contributed by atoms with Crippen LogP contribution in [0.5, 0.6) is 0 Å². The molecular formula is C16H16N4O2. The molecule has 1 aliphatic rings. The van der Waals surface area contributed by atoms with Crippen molar-refractivity contribution < 1.29 is 9.59 Å². The summed E-state index contributed by atoms with van der Waals surface area (Å²) in [7, 11) is 0. The van der Waals surface area contributed by atoms with Crippen molar-refractivity contribution in [3.8, 4) is 0 Å². The summed E-state index contributed by atoms with van der Waals surface area (Å²) in [6, 6.07) is 13.8. The van der Waals surface area contributed by atoms with Crippen LogP contribution in [0.25, 0.3) is 0 Å². The molecule has 0 spiro atoms. The molecule has 3 rings (SSSR count). The summed E-state index contributed by atoms with van der Waals surface area (Å²) in [5, 5.41) is 5.56. The van der Waals surface area contributed by atoms with E-state index < -0.39 is 0 Å². The van der Waals surface area contributed by atoms with Gasteiger partial charge in [-0.3, -0.25) is 9.69 Å². The highest BCUT2D eigenvalue weighted by Gasteiger charge is 2.21. The smallest absolute Gasteiger partial charge is 0.321 e. The van der Waals surface area contributed by atoms with Crippen LogP contribution in [0.15, 0.2) is 48.5 Å². The molecule has 1 aliphatic heterocycles. The predicted molar refractivity (Wildman–Crippen MR) is 86.0 cm³/mol. The highest BCUT2D eigenvalue weighted by molar-refractivity contribution is 6.05. The number of amides is 3. The topological polar surface area (TPSA) is 87.5 Å². The lowest BCUT2D eigenvalue weighted by Gasteiger charge is -2.15. The Bertz CT molecular complexity index is 730. The molecule has 0 aliphatic carbocycles. The van der Waals surface area contributed by atoms with Gasteiger partial charge in [-0.05, 0) is 36.4 Å². The second kappa shape index (κ2) is 5.77. The molecule has 112 valence electrons. The summed E-state index contributed by atoms with van der Waals surface area (Å²) >= 11 is 0. The fraction of sp³-hybridized carbons (Fsp3) is 0.125. The van der Waals surface area contributed by atoms with Crippen LogP contribution >= 0.6 is 0 Å². The lowest BCUT2D eigenvalue weighted by Crippen LogP contribution is -2.27. The summed E-state index contributed by atoms with van der Waals surface area (Å²) in [6.45, 7) is 1.24. The number of hydrogen-bond donors (Lipinski definition) is 3. The van der Waals surface area contributed by atoms with Crippen LogP contribution in [0.1, 0.15) is 10.4 Å². The third-order valence-corrected chi connectivity index (χ3v) is 3.42. The number of benzene rings is 2. The zero-order chi connectivity index (χ0) is 15.5. The molecule has 4 N–H and O–H groups in total. The Morgan fingerprint density at radius 1 is 1.18 bits per heavy atom. The Morgan fingerprint density at radius 2 is 2.00 bits per heavy atom. The van der Waals surface area contributed by atoms with E-state index in [1.807, 2.05) is 6.07 Å². The summed E-state index contributed by atoms with van der Waals surface area (Å²) in [5.41, 5.74) is 8.09. The van der Waals surface area contributed by atoms with E-state index in [9.17, 15) is 9.59 Å². The van der Waals surface area contributed by atoms with Gasteiger partial charge in [0, 0.05) is 35.7 Å². The van der Waals surface area contributed by atoms with Gasteiger partial charge in [-0.1, -0.05) is 12.1 Å². The van der Waals surface area contributed by atoms with Crippen LogP contribution in [-0.2, 0) is 0 Å². The number of nitrogens with zero attached hydrogens (tertiary/aromatic N) is 1. The maximum atomic E-state index is 12.2. The molecule has 1 fully saturated rings. The molecule has 6 heteroatoms. The van der Waals surface area contributed by atoms with E-state index in [4.69, 9.17) is 5.73 Å². The normalized spacial score (nSPS) is 13.8. The minimum atomic E-state index is -0.240. The molecule has 0 aromatic heterocycles. The lowest BCUT2D eigenvalue weighted by molar-refractivity contribution is 0.102. The number of hydrogen-bond acceptors (Lipinski definition) is 3. The minimum Gasteiger partial charge on any atom is -0.399 e. The van der Waals surface area contributed by atoms with Crippen molar-refractivity contribution >= 4 is 29.0 Å². The number of anilines is 3. The van der Waals surface area contributed by atoms with E-state index in [1.54, 1.807) is 47.4 Å². The van der Waals surface area contributed by atoms with Gasteiger partial charge in [-0.25, -0.2) is 4.79 Å². The maximum Gasteiger partial charge on any atom is 0.321 e. The van der Waals surface area contributed by atoms with Gasteiger partial charge < -0.3 is 16.4 Å². The molecule has 1 heterocycles. The highest BCUT2D eigenvalue weighted by Crippen LogP contribution is 2.21. The lowest BCUT2D eigenvalue weighted by atomic mass is 10.2. The number of nitrogens with two attached hydrogens (primary N) is 1. The Balaban J connectivity index is 1.78. The van der Waals surface area contributed by atoms with Gasteiger partial charge in [0.1, 0.15) is 0 Å². The van der Waals surface area contributed by atoms with Crippen LogP contribution in [0.2, 0.25) is 0 Å².